The zero-order valence-corrected chi connectivity index (χ0v) is 12.0. The molecule has 3 nitrogen and oxygen atoms in total. The average Bonchev–Trinajstić information content (AvgIpc) is 2.87. The highest BCUT2D eigenvalue weighted by molar-refractivity contribution is 5.76. The van der Waals surface area contributed by atoms with Gasteiger partial charge in [-0.2, -0.15) is 0 Å². The molecule has 3 heteroatoms. The minimum absolute atomic E-state index is 0.0666. The number of hydrogen-bond acceptors (Lipinski definition) is 2. The van der Waals surface area contributed by atoms with Gasteiger partial charge in [0.2, 0.25) is 0 Å². The molecule has 0 spiro atoms. The number of fused-ring (bicyclic) bond motifs is 1. The minimum Gasteiger partial charge on any atom is -0.490 e. The van der Waals surface area contributed by atoms with Crippen LogP contribution in [-0.2, 0) is 11.2 Å². The second kappa shape index (κ2) is 5.60. The van der Waals surface area contributed by atoms with Gasteiger partial charge in [-0.3, -0.25) is 4.79 Å². The van der Waals surface area contributed by atoms with Crippen molar-refractivity contribution in [2.24, 2.45) is 0 Å². The van der Waals surface area contributed by atoms with Crippen molar-refractivity contribution < 1.29 is 14.6 Å². The third kappa shape index (κ3) is 2.92. The van der Waals surface area contributed by atoms with Crippen LogP contribution in [0, 0.1) is 6.92 Å². The Bertz CT molecular complexity index is 649. The molecule has 0 amide bonds. The summed E-state index contributed by atoms with van der Waals surface area (Å²) >= 11 is 0. The maximum Gasteiger partial charge on any atom is 0.311 e. The van der Waals surface area contributed by atoms with Gasteiger partial charge in [0.25, 0.3) is 0 Å². The molecule has 0 saturated heterocycles. The van der Waals surface area contributed by atoms with Gasteiger partial charge in [0.1, 0.15) is 11.9 Å². The highest BCUT2D eigenvalue weighted by Crippen LogP contribution is 2.34. The molecular formula is C18H18O3. The second-order valence-electron chi connectivity index (χ2n) is 5.59. The fourth-order valence-corrected chi connectivity index (χ4v) is 2.91. The zero-order chi connectivity index (χ0) is 14.8. The largest absolute Gasteiger partial charge is 0.490 e. The highest BCUT2D eigenvalue weighted by atomic mass is 16.5. The molecule has 0 radical (unpaired) electrons. The summed E-state index contributed by atoms with van der Waals surface area (Å²) in [5.41, 5.74) is 3.22. The van der Waals surface area contributed by atoms with Gasteiger partial charge in [0, 0.05) is 12.8 Å². The van der Waals surface area contributed by atoms with Gasteiger partial charge < -0.3 is 9.84 Å². The first kappa shape index (κ1) is 13.7. The fraction of sp³-hybridized carbons (Fsp3) is 0.278. The van der Waals surface area contributed by atoms with Crippen LogP contribution in [0.1, 0.15) is 29.0 Å². The number of aliphatic carboxylic acids is 1. The van der Waals surface area contributed by atoms with Gasteiger partial charge in [-0.1, -0.05) is 48.0 Å². The smallest absolute Gasteiger partial charge is 0.311 e. The zero-order valence-electron chi connectivity index (χ0n) is 12.0. The first-order valence-corrected chi connectivity index (χ1v) is 7.17. The molecule has 2 aromatic rings. The third-order valence-electron chi connectivity index (χ3n) is 3.96. The first-order valence-electron chi connectivity index (χ1n) is 7.17. The van der Waals surface area contributed by atoms with Crippen LogP contribution in [0.3, 0.4) is 0 Å². The van der Waals surface area contributed by atoms with Crippen molar-refractivity contribution in [1.29, 1.82) is 0 Å². The van der Waals surface area contributed by atoms with Gasteiger partial charge >= 0.3 is 5.97 Å². The van der Waals surface area contributed by atoms with E-state index in [1.165, 1.54) is 11.1 Å². The number of carboxylic acid groups (broad SMARTS) is 1. The summed E-state index contributed by atoms with van der Waals surface area (Å²) in [7, 11) is 0. The van der Waals surface area contributed by atoms with E-state index in [0.717, 1.165) is 17.7 Å². The Morgan fingerprint density at radius 1 is 1.29 bits per heavy atom. The number of hydrogen-bond donors (Lipinski definition) is 1. The highest BCUT2D eigenvalue weighted by Gasteiger charge is 2.29. The molecule has 0 aromatic heterocycles. The molecule has 1 aliphatic rings. The number of benzene rings is 2. The average molecular weight is 282 g/mol. The van der Waals surface area contributed by atoms with Crippen molar-refractivity contribution in [3.05, 3.63) is 65.2 Å². The number of carbonyl (C=O) groups is 1. The summed E-state index contributed by atoms with van der Waals surface area (Å²) in [5, 5.41) is 9.49. The maximum absolute atomic E-state index is 11.6. The van der Waals surface area contributed by atoms with E-state index in [4.69, 9.17) is 4.74 Å². The van der Waals surface area contributed by atoms with E-state index in [1.807, 2.05) is 42.5 Å². The predicted octanol–water partition coefficient (Wildman–Crippen LogP) is 3.56. The molecule has 0 bridgehead atoms. The van der Waals surface area contributed by atoms with Crippen LogP contribution in [0.2, 0.25) is 0 Å². The Balaban J connectivity index is 1.76. The molecule has 21 heavy (non-hydrogen) atoms. The van der Waals surface area contributed by atoms with Crippen molar-refractivity contribution in [3.63, 3.8) is 0 Å². The van der Waals surface area contributed by atoms with Crippen molar-refractivity contribution in [2.75, 3.05) is 0 Å². The van der Waals surface area contributed by atoms with E-state index in [2.05, 4.69) is 13.0 Å². The lowest BCUT2D eigenvalue weighted by atomic mass is 9.91. The maximum atomic E-state index is 11.6. The third-order valence-corrected chi connectivity index (χ3v) is 3.96. The molecule has 1 N–H and O–H groups in total. The molecule has 3 rings (SSSR count). The van der Waals surface area contributed by atoms with Crippen LogP contribution in [0.4, 0.5) is 0 Å². The summed E-state index contributed by atoms with van der Waals surface area (Å²) in [6.07, 6.45) is 1.21. The predicted molar refractivity (Wildman–Crippen MR) is 80.7 cm³/mol. The Morgan fingerprint density at radius 3 is 2.76 bits per heavy atom. The molecule has 1 aliphatic heterocycles. The molecular weight excluding hydrogens is 264 g/mol. The second-order valence-corrected chi connectivity index (χ2v) is 5.59. The van der Waals surface area contributed by atoms with Gasteiger partial charge in [-0.05, 0) is 24.1 Å². The van der Waals surface area contributed by atoms with Crippen LogP contribution in [-0.4, -0.2) is 17.2 Å². The molecule has 0 aliphatic carbocycles. The van der Waals surface area contributed by atoms with Crippen LogP contribution in [0.25, 0.3) is 0 Å². The lowest BCUT2D eigenvalue weighted by molar-refractivity contribution is -0.139. The lowest BCUT2D eigenvalue weighted by Gasteiger charge is -2.17. The van der Waals surface area contributed by atoms with Crippen LogP contribution >= 0.6 is 0 Å². The quantitative estimate of drug-likeness (QED) is 0.932. The topological polar surface area (TPSA) is 46.5 Å². The van der Waals surface area contributed by atoms with Gasteiger partial charge in [0.15, 0.2) is 0 Å². The number of aryl methyl sites for hydroxylation is 1. The van der Waals surface area contributed by atoms with E-state index in [0.29, 0.717) is 6.42 Å². The normalized spacial score (nSPS) is 17.9. The van der Waals surface area contributed by atoms with Crippen LogP contribution in [0.15, 0.2) is 48.5 Å². The Kier molecular flexibility index (Phi) is 3.65. The van der Waals surface area contributed by atoms with Crippen molar-refractivity contribution in [2.45, 2.75) is 31.8 Å². The first-order chi connectivity index (χ1) is 10.1. The standard InChI is InChI=1S/C18H18O3/c1-12-7-8-17-14(9-12)10-15(21-17)11-16(18(19)20)13-5-3-2-4-6-13/h2-9,15-16H,10-11H2,1H3,(H,19,20). The number of carboxylic acids is 1. The molecule has 1 heterocycles. The van der Waals surface area contributed by atoms with Gasteiger partial charge in [-0.15, -0.1) is 0 Å². The summed E-state index contributed by atoms with van der Waals surface area (Å²) in [4.78, 5) is 11.6. The van der Waals surface area contributed by atoms with Crippen LogP contribution < -0.4 is 4.74 Å². The fourth-order valence-electron chi connectivity index (χ4n) is 2.91. The van der Waals surface area contributed by atoms with E-state index in [-0.39, 0.29) is 6.10 Å². The Morgan fingerprint density at radius 2 is 2.05 bits per heavy atom. The number of rotatable bonds is 4. The van der Waals surface area contributed by atoms with Gasteiger partial charge in [0.05, 0.1) is 5.92 Å². The molecule has 2 atom stereocenters. The SMILES string of the molecule is Cc1ccc2c(c1)CC(CC(C(=O)O)c1ccccc1)O2. The summed E-state index contributed by atoms with van der Waals surface area (Å²) in [6, 6.07) is 15.5. The molecule has 2 unspecified atom stereocenters. The van der Waals surface area contributed by atoms with E-state index in [1.54, 1.807) is 0 Å². The number of ether oxygens (including phenoxy) is 1. The molecule has 0 fully saturated rings. The van der Waals surface area contributed by atoms with Crippen molar-refractivity contribution >= 4 is 5.97 Å². The Hall–Kier alpha value is -2.29. The van der Waals surface area contributed by atoms with Crippen molar-refractivity contribution in [1.82, 2.24) is 0 Å². The van der Waals surface area contributed by atoms with Crippen LogP contribution in [0.5, 0.6) is 5.75 Å². The lowest BCUT2D eigenvalue weighted by Crippen LogP contribution is -2.22. The summed E-state index contributed by atoms with van der Waals surface area (Å²) < 4.78 is 5.90. The molecule has 0 saturated carbocycles. The summed E-state index contributed by atoms with van der Waals surface area (Å²) in [5.74, 6) is -0.425. The summed E-state index contributed by atoms with van der Waals surface area (Å²) in [6.45, 7) is 2.05. The Labute approximate surface area is 124 Å². The minimum atomic E-state index is -0.795. The van der Waals surface area contributed by atoms with E-state index in [9.17, 15) is 9.90 Å². The van der Waals surface area contributed by atoms with E-state index < -0.39 is 11.9 Å². The van der Waals surface area contributed by atoms with Crippen molar-refractivity contribution in [3.8, 4) is 5.75 Å². The molecule has 108 valence electrons. The van der Waals surface area contributed by atoms with E-state index >= 15 is 0 Å². The molecule has 2 aromatic carbocycles. The monoisotopic (exact) mass is 282 g/mol. The van der Waals surface area contributed by atoms with Gasteiger partial charge in [-0.25, -0.2) is 0 Å².